The van der Waals surface area contributed by atoms with Crippen LogP contribution in [0.4, 0.5) is 4.79 Å². The second-order valence-corrected chi connectivity index (χ2v) is 19.2. The summed E-state index contributed by atoms with van der Waals surface area (Å²) in [5.41, 5.74) is -2.11. The van der Waals surface area contributed by atoms with Gasteiger partial charge in [-0.05, 0) is 90.2 Å². The summed E-state index contributed by atoms with van der Waals surface area (Å²) in [4.78, 5) is 58.2. The third kappa shape index (κ3) is 8.53. The molecule has 3 fully saturated rings. The van der Waals surface area contributed by atoms with E-state index >= 15 is 0 Å². The zero-order chi connectivity index (χ0) is 39.9. The van der Waals surface area contributed by atoms with Gasteiger partial charge < -0.3 is 30.3 Å². The van der Waals surface area contributed by atoms with Crippen LogP contribution in [-0.4, -0.2) is 94.9 Å². The van der Waals surface area contributed by atoms with Crippen LogP contribution in [-0.2, 0) is 24.4 Å². The first-order valence-corrected chi connectivity index (χ1v) is 20.8. The van der Waals surface area contributed by atoms with Gasteiger partial charge in [-0.2, -0.15) is 0 Å². The van der Waals surface area contributed by atoms with E-state index in [2.05, 4.69) is 37.8 Å². The molecule has 2 aliphatic carbocycles. The number of aromatic nitrogens is 2. The van der Waals surface area contributed by atoms with Crippen molar-refractivity contribution in [2.24, 2.45) is 17.8 Å². The molecule has 0 spiro atoms. The quantitative estimate of drug-likeness (QED) is 0.287. The van der Waals surface area contributed by atoms with Gasteiger partial charge >= 0.3 is 6.03 Å². The zero-order valence-corrected chi connectivity index (χ0v) is 33.6. The molecule has 55 heavy (non-hydrogen) atoms. The lowest BCUT2D eigenvalue weighted by Crippen LogP contribution is -2.60. The van der Waals surface area contributed by atoms with Gasteiger partial charge in [0.25, 0.3) is 5.91 Å². The molecule has 1 saturated heterocycles. The predicted octanol–water partition coefficient (Wildman–Crippen LogP) is 3.73. The molecule has 1 aromatic heterocycles. The van der Waals surface area contributed by atoms with Gasteiger partial charge in [0.05, 0.1) is 29.2 Å². The van der Waals surface area contributed by atoms with Crippen molar-refractivity contribution >= 4 is 44.5 Å². The minimum absolute atomic E-state index is 0.0285. The Morgan fingerprint density at radius 1 is 1.07 bits per heavy atom. The number of ether oxygens (including phenoxy) is 2. The van der Waals surface area contributed by atoms with Crippen molar-refractivity contribution < 1.29 is 37.1 Å². The Labute approximate surface area is 323 Å². The van der Waals surface area contributed by atoms with E-state index < -0.39 is 73.7 Å². The van der Waals surface area contributed by atoms with Crippen LogP contribution in [0.15, 0.2) is 36.4 Å². The fraction of sp³-hybridized carbons (Fsp3) is 0.641. The highest BCUT2D eigenvalue weighted by molar-refractivity contribution is 7.91. The lowest BCUT2D eigenvalue weighted by Gasteiger charge is -2.34. The summed E-state index contributed by atoms with van der Waals surface area (Å²) in [5, 5.41) is 18.5. The largest absolute Gasteiger partial charge is 0.479 e. The maximum Gasteiger partial charge on any atom is 0.315 e. The molecule has 6 rings (SSSR count). The molecule has 5 amide bonds. The van der Waals surface area contributed by atoms with Crippen LogP contribution >= 0.6 is 0 Å². The van der Waals surface area contributed by atoms with E-state index in [1.807, 2.05) is 64.1 Å². The Morgan fingerprint density at radius 3 is 2.38 bits per heavy atom. The van der Waals surface area contributed by atoms with Gasteiger partial charge in [0.2, 0.25) is 33.6 Å². The molecule has 16 heteroatoms. The van der Waals surface area contributed by atoms with Crippen LogP contribution in [0.25, 0.3) is 10.8 Å². The fourth-order valence-electron chi connectivity index (χ4n) is 7.78. The smallest absolute Gasteiger partial charge is 0.315 e. The number of nitrogens with zero attached hydrogens (tertiary/aromatic N) is 3. The molecule has 2 aromatic rings. The second kappa shape index (κ2) is 15.2. The number of carbonyl (C=O) groups excluding carboxylic acids is 4. The highest BCUT2D eigenvalue weighted by Gasteiger charge is 2.63. The summed E-state index contributed by atoms with van der Waals surface area (Å²) in [7, 11) is -2.50. The van der Waals surface area contributed by atoms with Crippen LogP contribution < -0.4 is 30.1 Å². The van der Waals surface area contributed by atoms with Crippen molar-refractivity contribution in [1.82, 2.24) is 35.8 Å². The van der Waals surface area contributed by atoms with Crippen LogP contribution in [0.1, 0.15) is 92.9 Å². The van der Waals surface area contributed by atoms with E-state index in [0.717, 1.165) is 6.42 Å². The van der Waals surface area contributed by atoms with Crippen molar-refractivity contribution in [3.63, 3.8) is 0 Å². The first-order valence-electron chi connectivity index (χ1n) is 19.3. The first-order chi connectivity index (χ1) is 25.9. The van der Waals surface area contributed by atoms with Gasteiger partial charge in [0, 0.05) is 17.9 Å². The number of amides is 5. The van der Waals surface area contributed by atoms with Crippen molar-refractivity contribution in [2.45, 2.75) is 127 Å². The number of allylic oxidation sites excluding steroid dienone is 1. The summed E-state index contributed by atoms with van der Waals surface area (Å²) in [6, 6.07) is 4.68. The number of carbonyl (C=O) groups is 4. The minimum Gasteiger partial charge on any atom is -0.479 e. The third-order valence-corrected chi connectivity index (χ3v) is 13.6. The van der Waals surface area contributed by atoms with E-state index in [1.54, 1.807) is 6.92 Å². The SMILES string of the molecule is CCC1CC(C)CCC=CC2CC2(C(=O)NS(=O)(=O)C2(C)CC2)NC(=O)C2CC(Oc3nnc(OC)c4ccccc34)CN2C(=O)C1NC(=O)NC(C)(C)C. The second-order valence-electron chi connectivity index (χ2n) is 17.0. The molecule has 0 radical (unpaired) electrons. The first kappa shape index (κ1) is 40.2. The van der Waals surface area contributed by atoms with E-state index in [-0.39, 0.29) is 37.1 Å². The Balaban J connectivity index is 1.37. The average Bonchev–Trinajstić information content (AvgIpc) is 4.00. The number of sulfonamides is 1. The number of hydrogen-bond acceptors (Lipinski definition) is 10. The molecule has 1 aromatic carbocycles. The van der Waals surface area contributed by atoms with Gasteiger partial charge in [-0.25, -0.2) is 13.2 Å². The number of fused-ring (bicyclic) bond motifs is 3. The number of hydrogen-bond donors (Lipinski definition) is 4. The molecule has 3 heterocycles. The molecule has 2 aliphatic heterocycles. The Bertz CT molecular complexity index is 1960. The Kier molecular flexibility index (Phi) is 11.1. The summed E-state index contributed by atoms with van der Waals surface area (Å²) < 4.78 is 39.5. The highest BCUT2D eigenvalue weighted by Crippen LogP contribution is 2.47. The van der Waals surface area contributed by atoms with Gasteiger partial charge in [-0.3, -0.25) is 19.1 Å². The number of methoxy groups -OCH3 is 1. The molecule has 2 saturated carbocycles. The number of urea groups is 1. The summed E-state index contributed by atoms with van der Waals surface area (Å²) in [6.45, 7) is 11.2. The van der Waals surface area contributed by atoms with Crippen LogP contribution in [0, 0.1) is 17.8 Å². The van der Waals surface area contributed by atoms with Crippen LogP contribution in [0.5, 0.6) is 11.8 Å². The minimum atomic E-state index is -4.00. The van der Waals surface area contributed by atoms with E-state index in [9.17, 15) is 27.6 Å². The lowest BCUT2D eigenvalue weighted by molar-refractivity contribution is -0.142. The van der Waals surface area contributed by atoms with Gasteiger partial charge in [-0.1, -0.05) is 44.6 Å². The van der Waals surface area contributed by atoms with Gasteiger partial charge in [0.1, 0.15) is 23.7 Å². The number of benzene rings is 1. The summed E-state index contributed by atoms with van der Waals surface area (Å²) >= 11 is 0. The van der Waals surface area contributed by atoms with Crippen LogP contribution in [0.2, 0.25) is 0 Å². The molecule has 15 nitrogen and oxygen atoms in total. The van der Waals surface area contributed by atoms with E-state index in [0.29, 0.717) is 48.8 Å². The lowest BCUT2D eigenvalue weighted by atomic mass is 9.85. The number of rotatable bonds is 8. The van der Waals surface area contributed by atoms with E-state index in [1.165, 1.54) is 12.0 Å². The highest BCUT2D eigenvalue weighted by atomic mass is 32.2. The van der Waals surface area contributed by atoms with Gasteiger partial charge in [-0.15, -0.1) is 10.2 Å². The fourth-order valence-corrected chi connectivity index (χ4v) is 9.10. The molecule has 7 atom stereocenters. The third-order valence-electron chi connectivity index (χ3n) is 11.5. The Hall–Kier alpha value is -4.47. The predicted molar refractivity (Wildman–Crippen MR) is 205 cm³/mol. The molecular weight excluding hydrogens is 727 g/mol. The normalized spacial score (nSPS) is 29.5. The number of nitrogens with one attached hydrogen (secondary N) is 4. The van der Waals surface area contributed by atoms with Crippen molar-refractivity contribution in [3.8, 4) is 11.8 Å². The van der Waals surface area contributed by atoms with Crippen molar-refractivity contribution in [1.29, 1.82) is 0 Å². The van der Waals surface area contributed by atoms with Crippen LogP contribution in [0.3, 0.4) is 0 Å². The molecule has 0 bridgehead atoms. The Morgan fingerprint density at radius 2 is 1.75 bits per heavy atom. The molecule has 300 valence electrons. The summed E-state index contributed by atoms with van der Waals surface area (Å²) in [5.74, 6) is -1.91. The molecular formula is C39H55N7O8S. The molecule has 4 aliphatic rings. The maximum absolute atomic E-state index is 14.9. The van der Waals surface area contributed by atoms with Gasteiger partial charge in [0.15, 0.2) is 0 Å². The van der Waals surface area contributed by atoms with Crippen molar-refractivity contribution in [3.05, 3.63) is 36.4 Å². The van der Waals surface area contributed by atoms with Crippen molar-refractivity contribution in [2.75, 3.05) is 13.7 Å². The monoisotopic (exact) mass is 781 g/mol. The maximum atomic E-state index is 14.9. The molecule has 7 unspecified atom stereocenters. The van der Waals surface area contributed by atoms with E-state index in [4.69, 9.17) is 9.47 Å². The zero-order valence-electron chi connectivity index (χ0n) is 32.8. The topological polar surface area (TPSA) is 198 Å². The standard InChI is InChI=1S/C39H55N7O8S/c1-8-24-19-23(2)13-9-10-14-25-21-39(25,35(49)45-55(51,52)38(6)17-18-38)41-31(47)29-20-26(22-46(29)34(48)30(24)40-36(50)42-37(3,4)5)54-33-28-16-12-11-15-27(28)32(53-7)43-44-33/h10-12,14-16,23-26,29-30H,8-9,13,17-22H2,1-7H3,(H,41,47)(H,45,49)(H2,40,42,50). The summed E-state index contributed by atoms with van der Waals surface area (Å²) in [6.07, 6.45) is 6.92. The average molecular weight is 782 g/mol. The molecule has 4 N–H and O–H groups in total.